The highest BCUT2D eigenvalue weighted by Gasteiger charge is 2.16. The van der Waals surface area contributed by atoms with Crippen molar-refractivity contribution in [3.05, 3.63) is 88.7 Å². The van der Waals surface area contributed by atoms with Crippen molar-refractivity contribution in [3.63, 3.8) is 0 Å². The number of Topliss-reactive ketones (excluding diaryl/α,β-unsaturated/α-hetero) is 1. The third-order valence-corrected chi connectivity index (χ3v) is 4.79. The lowest BCUT2D eigenvalue weighted by Crippen LogP contribution is -2.24. The minimum atomic E-state index is -0.213. The second kappa shape index (κ2) is 8.10. The molecule has 0 saturated carbocycles. The molecule has 1 aromatic carbocycles. The summed E-state index contributed by atoms with van der Waals surface area (Å²) in [4.78, 5) is 33.5. The van der Waals surface area contributed by atoms with Crippen LogP contribution in [-0.4, -0.2) is 26.9 Å². The largest absolute Gasteiger partial charge is 0.493 e. The standard InChI is InChI=1S/C22H20N4O3/c1-26-21(28)13-18(15-7-9-23-10-8-15)25-22(26)24-14-19(27)16-4-2-5-17(12-16)20-6-3-11-29-20/h2-5,7-13,20H,6,14H2,1H3,(H,24,25). The predicted octanol–water partition coefficient (Wildman–Crippen LogP) is 3.11. The van der Waals surface area contributed by atoms with E-state index in [9.17, 15) is 9.59 Å². The number of hydrogen-bond acceptors (Lipinski definition) is 6. The van der Waals surface area contributed by atoms with Gasteiger partial charge >= 0.3 is 0 Å². The average molecular weight is 388 g/mol. The molecule has 1 N–H and O–H groups in total. The normalized spacial score (nSPS) is 15.1. The van der Waals surface area contributed by atoms with Crippen molar-refractivity contribution in [2.45, 2.75) is 12.5 Å². The topological polar surface area (TPSA) is 86.1 Å². The molecule has 1 aliphatic rings. The summed E-state index contributed by atoms with van der Waals surface area (Å²) in [5.74, 6) is 0.235. The van der Waals surface area contributed by atoms with E-state index in [1.165, 1.54) is 10.6 Å². The molecule has 0 fully saturated rings. The molecule has 1 atom stereocenters. The van der Waals surface area contributed by atoms with Gasteiger partial charge in [0.05, 0.1) is 18.5 Å². The Morgan fingerprint density at radius 2 is 2.07 bits per heavy atom. The van der Waals surface area contributed by atoms with Crippen LogP contribution in [0.4, 0.5) is 5.95 Å². The fourth-order valence-corrected chi connectivity index (χ4v) is 3.14. The van der Waals surface area contributed by atoms with E-state index in [4.69, 9.17) is 4.74 Å². The highest BCUT2D eigenvalue weighted by Crippen LogP contribution is 2.27. The zero-order valence-corrected chi connectivity index (χ0v) is 15.9. The zero-order chi connectivity index (χ0) is 20.2. The van der Waals surface area contributed by atoms with Gasteiger partial charge in [0.2, 0.25) is 5.95 Å². The van der Waals surface area contributed by atoms with E-state index in [-0.39, 0.29) is 24.0 Å². The minimum absolute atomic E-state index is 0.0211. The minimum Gasteiger partial charge on any atom is -0.493 e. The van der Waals surface area contributed by atoms with Crippen LogP contribution in [0, 0.1) is 0 Å². The number of carbonyl (C=O) groups is 1. The van der Waals surface area contributed by atoms with Crippen LogP contribution in [0.3, 0.4) is 0 Å². The number of benzene rings is 1. The number of nitrogens with zero attached hydrogens (tertiary/aromatic N) is 3. The van der Waals surface area contributed by atoms with Crippen molar-refractivity contribution in [1.29, 1.82) is 0 Å². The number of rotatable bonds is 6. The monoisotopic (exact) mass is 388 g/mol. The van der Waals surface area contributed by atoms with Crippen LogP contribution < -0.4 is 10.9 Å². The van der Waals surface area contributed by atoms with Crippen molar-refractivity contribution in [3.8, 4) is 11.3 Å². The Hall–Kier alpha value is -3.74. The van der Waals surface area contributed by atoms with E-state index in [1.807, 2.05) is 24.3 Å². The second-order valence-electron chi connectivity index (χ2n) is 6.73. The summed E-state index contributed by atoms with van der Waals surface area (Å²) >= 11 is 0. The number of nitrogens with one attached hydrogen (secondary N) is 1. The lowest BCUT2D eigenvalue weighted by atomic mass is 10.0. The number of ether oxygens (including phenoxy) is 1. The quantitative estimate of drug-likeness (QED) is 0.653. The Labute approximate surface area is 167 Å². The molecule has 0 aliphatic carbocycles. The molecule has 29 heavy (non-hydrogen) atoms. The summed E-state index contributed by atoms with van der Waals surface area (Å²) in [6.45, 7) is 0.0211. The van der Waals surface area contributed by atoms with Crippen LogP contribution in [0.5, 0.6) is 0 Å². The van der Waals surface area contributed by atoms with Gasteiger partial charge in [0.1, 0.15) is 6.10 Å². The van der Waals surface area contributed by atoms with Gasteiger partial charge in [-0.3, -0.25) is 19.1 Å². The van der Waals surface area contributed by atoms with Gasteiger partial charge in [-0.1, -0.05) is 18.2 Å². The van der Waals surface area contributed by atoms with E-state index < -0.39 is 0 Å². The van der Waals surface area contributed by atoms with Crippen LogP contribution in [-0.2, 0) is 11.8 Å². The molecule has 0 spiro atoms. The molecule has 1 unspecified atom stereocenters. The van der Waals surface area contributed by atoms with E-state index in [0.717, 1.165) is 17.5 Å². The molecule has 0 radical (unpaired) electrons. The molecule has 3 heterocycles. The first-order valence-corrected chi connectivity index (χ1v) is 9.28. The molecule has 1 aliphatic heterocycles. The SMILES string of the molecule is Cn1c(NCC(=O)c2cccc(C3CC=CO3)c2)nc(-c2ccncc2)cc1=O. The Bertz CT molecular complexity index is 1110. The van der Waals surface area contributed by atoms with Gasteiger partial charge < -0.3 is 10.1 Å². The molecule has 7 nitrogen and oxygen atoms in total. The predicted molar refractivity (Wildman–Crippen MR) is 110 cm³/mol. The summed E-state index contributed by atoms with van der Waals surface area (Å²) in [6, 6.07) is 12.4. The van der Waals surface area contributed by atoms with Crippen molar-refractivity contribution >= 4 is 11.7 Å². The lowest BCUT2D eigenvalue weighted by Gasteiger charge is -2.13. The molecule has 2 aromatic heterocycles. The maximum absolute atomic E-state index is 12.7. The van der Waals surface area contributed by atoms with Gasteiger partial charge in [-0.15, -0.1) is 0 Å². The van der Waals surface area contributed by atoms with Crippen LogP contribution in [0.2, 0.25) is 0 Å². The molecule has 0 saturated heterocycles. The first kappa shape index (κ1) is 18.6. The van der Waals surface area contributed by atoms with Crippen molar-refractivity contribution in [2.24, 2.45) is 7.05 Å². The van der Waals surface area contributed by atoms with Crippen LogP contribution in [0.15, 0.2) is 72.0 Å². The molecule has 0 bridgehead atoms. The third kappa shape index (κ3) is 4.08. The van der Waals surface area contributed by atoms with Gasteiger partial charge in [0, 0.05) is 43.1 Å². The van der Waals surface area contributed by atoms with Crippen LogP contribution >= 0.6 is 0 Å². The second-order valence-corrected chi connectivity index (χ2v) is 6.73. The smallest absolute Gasteiger partial charge is 0.255 e. The maximum atomic E-state index is 12.7. The maximum Gasteiger partial charge on any atom is 0.255 e. The number of ketones is 1. The van der Waals surface area contributed by atoms with E-state index in [1.54, 1.807) is 43.9 Å². The fourth-order valence-electron chi connectivity index (χ4n) is 3.14. The summed E-state index contributed by atoms with van der Waals surface area (Å²) in [7, 11) is 1.61. The van der Waals surface area contributed by atoms with E-state index >= 15 is 0 Å². The van der Waals surface area contributed by atoms with Crippen molar-refractivity contribution in [2.75, 3.05) is 11.9 Å². The van der Waals surface area contributed by atoms with Crippen molar-refractivity contribution in [1.82, 2.24) is 14.5 Å². The molecule has 4 rings (SSSR count). The van der Waals surface area contributed by atoms with E-state index in [2.05, 4.69) is 15.3 Å². The zero-order valence-electron chi connectivity index (χ0n) is 15.9. The number of anilines is 1. The fraction of sp³-hybridized carbons (Fsp3) is 0.182. The highest BCUT2D eigenvalue weighted by molar-refractivity contribution is 5.99. The van der Waals surface area contributed by atoms with Crippen LogP contribution in [0.25, 0.3) is 11.3 Å². The first-order valence-electron chi connectivity index (χ1n) is 9.28. The van der Waals surface area contributed by atoms with Gasteiger partial charge in [-0.25, -0.2) is 4.98 Å². The number of carbonyl (C=O) groups excluding carboxylic acids is 1. The lowest BCUT2D eigenvalue weighted by molar-refractivity contribution is 0.101. The van der Waals surface area contributed by atoms with Gasteiger partial charge in [0.15, 0.2) is 5.78 Å². The Morgan fingerprint density at radius 3 is 2.83 bits per heavy atom. The third-order valence-electron chi connectivity index (χ3n) is 4.79. The van der Waals surface area contributed by atoms with Crippen LogP contribution in [0.1, 0.15) is 28.4 Å². The Balaban J connectivity index is 1.52. The molecular formula is C22H20N4O3. The van der Waals surface area contributed by atoms with Gasteiger partial charge in [-0.2, -0.15) is 0 Å². The summed E-state index contributed by atoms with van der Waals surface area (Å²) in [6.07, 6.45) is 7.67. The highest BCUT2D eigenvalue weighted by atomic mass is 16.5. The van der Waals surface area contributed by atoms with Gasteiger partial charge in [0.25, 0.3) is 5.56 Å². The Kier molecular flexibility index (Phi) is 5.20. The molecule has 3 aromatic rings. The number of hydrogen-bond donors (Lipinski definition) is 1. The summed E-state index contributed by atoms with van der Waals surface area (Å²) in [5.41, 5.74) is 2.64. The molecule has 146 valence electrons. The van der Waals surface area contributed by atoms with Crippen molar-refractivity contribution < 1.29 is 9.53 Å². The number of aromatic nitrogens is 3. The molecule has 0 amide bonds. The first-order chi connectivity index (χ1) is 14.1. The molecular weight excluding hydrogens is 368 g/mol. The summed E-state index contributed by atoms with van der Waals surface area (Å²) < 4.78 is 6.91. The van der Waals surface area contributed by atoms with Gasteiger partial charge in [-0.05, 0) is 29.8 Å². The van der Waals surface area contributed by atoms with E-state index in [0.29, 0.717) is 17.2 Å². The summed E-state index contributed by atoms with van der Waals surface area (Å²) in [5, 5.41) is 2.99. The molecule has 7 heteroatoms. The Morgan fingerprint density at radius 1 is 1.24 bits per heavy atom. The number of pyridine rings is 1. The average Bonchev–Trinajstić information content (AvgIpc) is 3.30.